The van der Waals surface area contributed by atoms with Gasteiger partial charge in [0.2, 0.25) is 0 Å². The van der Waals surface area contributed by atoms with Crippen molar-refractivity contribution < 1.29 is 4.74 Å². The topological polar surface area (TPSA) is 35.2 Å². The summed E-state index contributed by atoms with van der Waals surface area (Å²) in [7, 11) is 1.80. The molecule has 1 aliphatic carbocycles. The lowest BCUT2D eigenvalue weighted by Crippen LogP contribution is -2.38. The number of rotatable bonds is 5. The molecule has 0 aliphatic heterocycles. The van der Waals surface area contributed by atoms with E-state index in [-0.39, 0.29) is 11.0 Å². The van der Waals surface area contributed by atoms with Gasteiger partial charge in [0.15, 0.2) is 0 Å². The van der Waals surface area contributed by atoms with Gasteiger partial charge < -0.3 is 10.5 Å². The Kier molecular flexibility index (Phi) is 4.32. The molecule has 2 rings (SSSR count). The van der Waals surface area contributed by atoms with Crippen LogP contribution in [0.3, 0.4) is 0 Å². The van der Waals surface area contributed by atoms with E-state index < -0.39 is 0 Å². The molecule has 0 heterocycles. The van der Waals surface area contributed by atoms with Crippen molar-refractivity contribution in [3.05, 3.63) is 35.4 Å². The van der Waals surface area contributed by atoms with E-state index in [1.54, 1.807) is 7.11 Å². The SMILES string of the molecule is COC(C)(C)CCC1(CN)CCc2ccccc2C1. The molecule has 0 bridgehead atoms. The highest BCUT2D eigenvalue weighted by Gasteiger charge is 2.34. The van der Waals surface area contributed by atoms with Gasteiger partial charge in [-0.3, -0.25) is 0 Å². The van der Waals surface area contributed by atoms with Crippen LogP contribution >= 0.6 is 0 Å². The van der Waals surface area contributed by atoms with Crippen molar-refractivity contribution >= 4 is 0 Å². The van der Waals surface area contributed by atoms with E-state index in [4.69, 9.17) is 10.5 Å². The lowest BCUT2D eigenvalue weighted by atomic mass is 9.68. The zero-order valence-corrected chi connectivity index (χ0v) is 12.5. The molecule has 0 saturated heterocycles. The average molecular weight is 261 g/mol. The predicted octanol–water partition coefficient (Wildman–Crippen LogP) is 3.33. The molecule has 0 saturated carbocycles. The van der Waals surface area contributed by atoms with Gasteiger partial charge in [-0.25, -0.2) is 0 Å². The zero-order chi connectivity index (χ0) is 13.9. The molecule has 0 radical (unpaired) electrons. The summed E-state index contributed by atoms with van der Waals surface area (Å²) in [5, 5.41) is 0. The van der Waals surface area contributed by atoms with Crippen LogP contribution in [0, 0.1) is 5.41 Å². The van der Waals surface area contributed by atoms with Crippen molar-refractivity contribution in [3.8, 4) is 0 Å². The van der Waals surface area contributed by atoms with E-state index in [1.165, 1.54) is 24.0 Å². The van der Waals surface area contributed by atoms with Gasteiger partial charge in [0.25, 0.3) is 0 Å². The highest BCUT2D eigenvalue weighted by atomic mass is 16.5. The fraction of sp³-hybridized carbons (Fsp3) is 0.647. The van der Waals surface area contributed by atoms with E-state index in [0.29, 0.717) is 0 Å². The molecule has 0 spiro atoms. The van der Waals surface area contributed by atoms with Gasteiger partial charge in [0.1, 0.15) is 0 Å². The van der Waals surface area contributed by atoms with E-state index in [1.807, 2.05) is 0 Å². The molecule has 1 aromatic carbocycles. The van der Waals surface area contributed by atoms with E-state index in [0.717, 1.165) is 25.8 Å². The highest BCUT2D eigenvalue weighted by molar-refractivity contribution is 5.31. The average Bonchev–Trinajstić information content (AvgIpc) is 2.45. The minimum absolute atomic E-state index is 0.0425. The summed E-state index contributed by atoms with van der Waals surface area (Å²) in [6.07, 6.45) is 5.72. The minimum Gasteiger partial charge on any atom is -0.379 e. The number of aryl methyl sites for hydroxylation is 1. The largest absolute Gasteiger partial charge is 0.379 e. The van der Waals surface area contributed by atoms with E-state index in [9.17, 15) is 0 Å². The molecule has 0 aromatic heterocycles. The van der Waals surface area contributed by atoms with Crippen molar-refractivity contribution in [1.29, 1.82) is 0 Å². The van der Waals surface area contributed by atoms with Gasteiger partial charge in [0, 0.05) is 7.11 Å². The highest BCUT2D eigenvalue weighted by Crippen LogP contribution is 2.40. The molecule has 0 amide bonds. The summed E-state index contributed by atoms with van der Waals surface area (Å²) in [5.74, 6) is 0. The third-order valence-corrected chi connectivity index (χ3v) is 4.85. The van der Waals surface area contributed by atoms with Crippen LogP contribution in [0.25, 0.3) is 0 Å². The number of nitrogens with two attached hydrogens (primary N) is 1. The molecule has 1 aliphatic rings. The Hall–Kier alpha value is -0.860. The fourth-order valence-electron chi connectivity index (χ4n) is 3.02. The van der Waals surface area contributed by atoms with Gasteiger partial charge in [-0.15, -0.1) is 0 Å². The summed E-state index contributed by atoms with van der Waals surface area (Å²) >= 11 is 0. The Labute approximate surface area is 117 Å². The first-order valence-corrected chi connectivity index (χ1v) is 7.32. The lowest BCUT2D eigenvalue weighted by molar-refractivity contribution is 0.00258. The minimum atomic E-state index is -0.0425. The van der Waals surface area contributed by atoms with Crippen molar-refractivity contribution in [1.82, 2.24) is 0 Å². The van der Waals surface area contributed by atoms with Crippen molar-refractivity contribution in [2.45, 2.75) is 51.6 Å². The van der Waals surface area contributed by atoms with Crippen LogP contribution in [0.4, 0.5) is 0 Å². The Morgan fingerprint density at radius 1 is 1.26 bits per heavy atom. The molecule has 2 heteroatoms. The Balaban J connectivity index is 2.09. The van der Waals surface area contributed by atoms with Gasteiger partial charge in [-0.1, -0.05) is 24.3 Å². The number of hydrogen-bond donors (Lipinski definition) is 1. The molecule has 1 atom stereocenters. The molecular weight excluding hydrogens is 234 g/mol. The summed E-state index contributed by atoms with van der Waals surface area (Å²) in [4.78, 5) is 0. The first-order valence-electron chi connectivity index (χ1n) is 7.32. The second-order valence-corrected chi connectivity index (χ2v) is 6.61. The Morgan fingerprint density at radius 3 is 2.58 bits per heavy atom. The van der Waals surface area contributed by atoms with Crippen LogP contribution < -0.4 is 5.73 Å². The van der Waals surface area contributed by atoms with Gasteiger partial charge >= 0.3 is 0 Å². The van der Waals surface area contributed by atoms with Crippen molar-refractivity contribution in [2.75, 3.05) is 13.7 Å². The van der Waals surface area contributed by atoms with Crippen LogP contribution in [0.15, 0.2) is 24.3 Å². The number of ether oxygens (including phenoxy) is 1. The Bertz CT molecular complexity index is 427. The third-order valence-electron chi connectivity index (χ3n) is 4.85. The fourth-order valence-corrected chi connectivity index (χ4v) is 3.02. The quantitative estimate of drug-likeness (QED) is 0.882. The Morgan fingerprint density at radius 2 is 1.95 bits per heavy atom. The zero-order valence-electron chi connectivity index (χ0n) is 12.5. The van der Waals surface area contributed by atoms with Gasteiger partial charge in [-0.05, 0) is 69.0 Å². The van der Waals surface area contributed by atoms with Crippen LogP contribution in [-0.2, 0) is 17.6 Å². The first kappa shape index (κ1) is 14.5. The summed E-state index contributed by atoms with van der Waals surface area (Å²) in [6, 6.07) is 8.81. The molecule has 0 fully saturated rings. The van der Waals surface area contributed by atoms with E-state index >= 15 is 0 Å². The number of fused-ring (bicyclic) bond motifs is 1. The molecule has 1 aromatic rings. The third kappa shape index (κ3) is 3.37. The second kappa shape index (κ2) is 5.64. The number of methoxy groups -OCH3 is 1. The summed E-state index contributed by atoms with van der Waals surface area (Å²) < 4.78 is 5.55. The van der Waals surface area contributed by atoms with Gasteiger partial charge in [0.05, 0.1) is 5.60 Å². The van der Waals surface area contributed by atoms with Crippen LogP contribution in [-0.4, -0.2) is 19.3 Å². The maximum absolute atomic E-state index is 6.13. The molecule has 106 valence electrons. The van der Waals surface area contributed by atoms with Crippen LogP contribution in [0.5, 0.6) is 0 Å². The monoisotopic (exact) mass is 261 g/mol. The molecule has 2 N–H and O–H groups in total. The van der Waals surface area contributed by atoms with E-state index in [2.05, 4.69) is 38.1 Å². The predicted molar refractivity (Wildman–Crippen MR) is 80.3 cm³/mol. The second-order valence-electron chi connectivity index (χ2n) is 6.61. The normalized spacial score (nSPS) is 23.2. The maximum atomic E-state index is 6.13. The van der Waals surface area contributed by atoms with Crippen molar-refractivity contribution in [2.24, 2.45) is 11.1 Å². The standard InChI is InChI=1S/C17H27NO/c1-16(2,19-3)10-11-17(13-18)9-8-14-6-4-5-7-15(14)12-17/h4-7H,8-13,18H2,1-3H3. The van der Waals surface area contributed by atoms with Crippen LogP contribution in [0.1, 0.15) is 44.2 Å². The molecule has 2 nitrogen and oxygen atoms in total. The summed E-state index contributed by atoms with van der Waals surface area (Å²) in [5.41, 5.74) is 9.36. The summed E-state index contributed by atoms with van der Waals surface area (Å²) in [6.45, 7) is 5.10. The van der Waals surface area contributed by atoms with Gasteiger partial charge in [-0.2, -0.15) is 0 Å². The first-order chi connectivity index (χ1) is 9.00. The maximum Gasteiger partial charge on any atom is 0.0623 e. The lowest BCUT2D eigenvalue weighted by Gasteiger charge is -2.39. The number of benzene rings is 1. The molecule has 19 heavy (non-hydrogen) atoms. The van der Waals surface area contributed by atoms with Crippen LogP contribution in [0.2, 0.25) is 0 Å². The molecule has 1 unspecified atom stereocenters. The smallest absolute Gasteiger partial charge is 0.0623 e. The van der Waals surface area contributed by atoms with Crippen molar-refractivity contribution in [3.63, 3.8) is 0 Å². The molecular formula is C17H27NO. The number of hydrogen-bond acceptors (Lipinski definition) is 2.